The quantitative estimate of drug-likeness (QED) is 0.0435. The van der Waals surface area contributed by atoms with Crippen molar-refractivity contribution in [2.45, 2.75) is 39.6 Å². The Bertz CT molecular complexity index is 2760. The first-order chi connectivity index (χ1) is 35.5. The zero-order valence-electron chi connectivity index (χ0n) is 39.7. The van der Waals surface area contributed by atoms with Crippen LogP contribution in [0.3, 0.4) is 0 Å². The van der Waals surface area contributed by atoms with Crippen LogP contribution in [0.2, 0.25) is 0 Å². The summed E-state index contributed by atoms with van der Waals surface area (Å²) < 4.78 is 40.9. The van der Waals surface area contributed by atoms with Gasteiger partial charge in [0.1, 0.15) is 39.6 Å². The summed E-state index contributed by atoms with van der Waals surface area (Å²) in [4.78, 5) is 30.0. The highest BCUT2D eigenvalue weighted by Gasteiger charge is 2.35. The van der Waals surface area contributed by atoms with E-state index < -0.39 is 11.8 Å². The lowest BCUT2D eigenvalue weighted by atomic mass is 9.90. The second-order valence-corrected chi connectivity index (χ2v) is 16.5. The Morgan fingerprint density at radius 3 is 0.819 bits per heavy atom. The lowest BCUT2D eigenvalue weighted by Gasteiger charge is -2.27. The van der Waals surface area contributed by atoms with Crippen molar-refractivity contribution in [3.63, 3.8) is 0 Å². The van der Waals surface area contributed by atoms with Crippen molar-refractivity contribution in [2.24, 2.45) is 0 Å². The van der Waals surface area contributed by atoms with Crippen molar-refractivity contribution in [2.75, 3.05) is 26.3 Å². The number of aliphatic hydroxyl groups is 2. The first-order valence-corrected chi connectivity index (χ1v) is 23.7. The van der Waals surface area contributed by atoms with Crippen LogP contribution in [0.1, 0.15) is 54.1 Å². The lowest BCUT2D eigenvalue weighted by Crippen LogP contribution is -2.29. The molecule has 8 rings (SSSR count). The van der Waals surface area contributed by atoms with E-state index in [1.807, 2.05) is 182 Å². The van der Waals surface area contributed by atoms with E-state index in [-0.39, 0.29) is 123 Å². The summed E-state index contributed by atoms with van der Waals surface area (Å²) in [5.41, 5.74) is 5.11. The predicted octanol–water partition coefficient (Wildman–Crippen LogP) is 10.3. The van der Waals surface area contributed by atoms with Gasteiger partial charge in [0.15, 0.2) is 23.0 Å². The zero-order valence-corrected chi connectivity index (χ0v) is 39.7. The van der Waals surface area contributed by atoms with Crippen molar-refractivity contribution < 1.29 is 48.2 Å². The number of hydrogen-bond donors (Lipinski definition) is 4. The van der Waals surface area contributed by atoms with Crippen molar-refractivity contribution in [3.8, 4) is 45.6 Å². The molecule has 12 heteroatoms. The van der Waals surface area contributed by atoms with Gasteiger partial charge in [-0.15, -0.1) is 0 Å². The van der Waals surface area contributed by atoms with E-state index in [4.69, 9.17) is 28.4 Å². The molecule has 4 N–H and O–H groups in total. The molecule has 72 heavy (non-hydrogen) atoms. The van der Waals surface area contributed by atoms with Gasteiger partial charge in [0.2, 0.25) is 11.5 Å². The van der Waals surface area contributed by atoms with Crippen LogP contribution in [-0.4, -0.2) is 48.3 Å². The third kappa shape index (κ3) is 13.4. The number of amides is 2. The van der Waals surface area contributed by atoms with E-state index in [9.17, 15) is 10.2 Å². The van der Waals surface area contributed by atoms with Gasteiger partial charge in [-0.05, 0) is 45.5 Å². The maximum atomic E-state index is 15.0. The van der Waals surface area contributed by atoms with Crippen molar-refractivity contribution in [3.05, 3.63) is 239 Å². The summed E-state index contributed by atoms with van der Waals surface area (Å²) >= 11 is 0. The van der Waals surface area contributed by atoms with Gasteiger partial charge in [0, 0.05) is 24.2 Å². The summed E-state index contributed by atoms with van der Waals surface area (Å²) in [5, 5.41) is 25.8. The molecule has 0 fully saturated rings. The highest BCUT2D eigenvalue weighted by atomic mass is 16.6. The van der Waals surface area contributed by atoms with Crippen LogP contribution in [0, 0.1) is 0 Å². The molecule has 2 amide bonds. The molecule has 0 bridgehead atoms. The van der Waals surface area contributed by atoms with E-state index in [0.29, 0.717) is 0 Å². The van der Waals surface area contributed by atoms with Gasteiger partial charge < -0.3 is 49.3 Å². The van der Waals surface area contributed by atoms with E-state index in [2.05, 4.69) is 10.6 Å². The maximum Gasteiger partial charge on any atom is 0.252 e. The molecule has 0 atom stereocenters. The van der Waals surface area contributed by atoms with Crippen LogP contribution in [-0.2, 0) is 39.6 Å². The molecular formula is C60H56N2O10. The number of carbonyl (C=O) groups excluding carboxylic acids is 2. The van der Waals surface area contributed by atoms with Gasteiger partial charge >= 0.3 is 0 Å². The number of rotatable bonds is 25. The SMILES string of the molecule is O=C(NCCO)c1cc(OCc2ccccc2)c(OCc2ccccc2)c(OCc2ccccc2)c1-c1c(C(=O)NCCO)cc(OCc2ccccc2)c(OCc2ccccc2)c1OCc1ccccc1. The number of aliphatic hydroxyl groups excluding tert-OH is 2. The van der Waals surface area contributed by atoms with Crippen LogP contribution in [0.4, 0.5) is 0 Å². The average molecular weight is 965 g/mol. The van der Waals surface area contributed by atoms with Gasteiger partial charge in [-0.3, -0.25) is 9.59 Å². The zero-order chi connectivity index (χ0) is 49.7. The second-order valence-electron chi connectivity index (χ2n) is 16.5. The van der Waals surface area contributed by atoms with E-state index >= 15 is 9.59 Å². The topological polar surface area (TPSA) is 154 Å². The lowest BCUT2D eigenvalue weighted by molar-refractivity contribution is 0.0934. The smallest absolute Gasteiger partial charge is 0.252 e. The largest absolute Gasteiger partial charge is 0.485 e. The molecule has 0 aliphatic rings. The Kier molecular flexibility index (Phi) is 17.9. The highest BCUT2D eigenvalue weighted by Crippen LogP contribution is 2.55. The van der Waals surface area contributed by atoms with Crippen molar-refractivity contribution >= 4 is 11.8 Å². The Morgan fingerprint density at radius 2 is 0.569 bits per heavy atom. The summed E-state index contributed by atoms with van der Waals surface area (Å²) in [6, 6.07) is 60.4. The minimum atomic E-state index is -0.630. The van der Waals surface area contributed by atoms with Gasteiger partial charge in [0.25, 0.3) is 11.8 Å². The number of benzene rings is 8. The van der Waals surface area contributed by atoms with E-state index in [1.54, 1.807) is 12.1 Å². The number of ether oxygens (including phenoxy) is 6. The third-order valence-electron chi connectivity index (χ3n) is 11.3. The van der Waals surface area contributed by atoms with Gasteiger partial charge in [-0.25, -0.2) is 0 Å². The molecule has 8 aromatic rings. The second kappa shape index (κ2) is 25.9. The molecule has 0 heterocycles. The Morgan fingerprint density at radius 1 is 0.333 bits per heavy atom. The fraction of sp³-hybridized carbons (Fsp3) is 0.167. The van der Waals surface area contributed by atoms with Gasteiger partial charge in [-0.1, -0.05) is 182 Å². The standard InChI is InChI=1S/C60H56N2O10/c63-33-31-61-59(65)49-35-51(67-37-43-19-7-1-8-20-43)55(69-39-45-23-11-3-12-24-45)57(71-41-47-27-15-5-16-28-47)53(49)54-50(60(66)62-32-34-64)36-52(68-38-44-21-9-2-10-22-44)56(70-40-46-25-13-4-14-26-46)58(54)72-42-48-29-17-6-18-30-48/h1-30,35-36,63-64H,31-34,37-42H2,(H,61,65)(H,62,66). The van der Waals surface area contributed by atoms with E-state index in [1.165, 1.54) is 0 Å². The molecule has 0 saturated heterocycles. The molecule has 8 aromatic carbocycles. The Labute approximate surface area is 419 Å². The molecule has 0 aliphatic carbocycles. The summed E-state index contributed by atoms with van der Waals surface area (Å²) in [6.07, 6.45) is 0. The number of nitrogens with one attached hydrogen (secondary N) is 2. The number of hydrogen-bond acceptors (Lipinski definition) is 10. The first-order valence-electron chi connectivity index (χ1n) is 23.7. The molecule has 0 radical (unpaired) electrons. The monoisotopic (exact) mass is 964 g/mol. The van der Waals surface area contributed by atoms with Gasteiger partial charge in [-0.2, -0.15) is 0 Å². The van der Waals surface area contributed by atoms with Crippen molar-refractivity contribution in [1.29, 1.82) is 0 Å². The molecular weight excluding hydrogens is 909 g/mol. The Hall–Kier alpha value is -8.58. The van der Waals surface area contributed by atoms with Crippen LogP contribution >= 0.6 is 0 Å². The Balaban J connectivity index is 1.46. The molecule has 0 aromatic heterocycles. The summed E-state index contributed by atoms with van der Waals surface area (Å²) in [7, 11) is 0. The molecule has 12 nitrogen and oxygen atoms in total. The van der Waals surface area contributed by atoms with Crippen molar-refractivity contribution in [1.82, 2.24) is 10.6 Å². The van der Waals surface area contributed by atoms with Crippen LogP contribution in [0.15, 0.2) is 194 Å². The summed E-state index contributed by atoms with van der Waals surface area (Å²) in [5.74, 6) is -0.583. The maximum absolute atomic E-state index is 15.0. The van der Waals surface area contributed by atoms with Crippen LogP contribution < -0.4 is 39.1 Å². The van der Waals surface area contributed by atoms with E-state index in [0.717, 1.165) is 33.4 Å². The predicted molar refractivity (Wildman–Crippen MR) is 275 cm³/mol. The van der Waals surface area contributed by atoms with Gasteiger partial charge in [0.05, 0.1) is 24.3 Å². The average Bonchev–Trinajstić information content (AvgIpc) is 3.44. The first kappa shape index (κ1) is 49.8. The molecule has 0 spiro atoms. The molecule has 0 saturated carbocycles. The minimum absolute atomic E-state index is 0.00522. The fourth-order valence-electron chi connectivity index (χ4n) is 7.77. The number of carbonyl (C=O) groups is 2. The normalized spacial score (nSPS) is 10.8. The fourth-order valence-corrected chi connectivity index (χ4v) is 7.77. The third-order valence-corrected chi connectivity index (χ3v) is 11.3. The van der Waals surface area contributed by atoms with Crippen LogP contribution in [0.25, 0.3) is 11.1 Å². The highest BCUT2D eigenvalue weighted by molar-refractivity contribution is 6.11. The molecule has 0 aliphatic heterocycles. The summed E-state index contributed by atoms with van der Waals surface area (Å²) in [6.45, 7) is -0.691. The van der Waals surface area contributed by atoms with Crippen LogP contribution in [0.5, 0.6) is 34.5 Å². The molecule has 366 valence electrons. The molecule has 0 unspecified atom stereocenters. The minimum Gasteiger partial charge on any atom is -0.485 e.